The van der Waals surface area contributed by atoms with Gasteiger partial charge in [0.15, 0.2) is 0 Å². The fraction of sp³-hybridized carbons (Fsp3) is 0.0182. The van der Waals surface area contributed by atoms with E-state index in [4.69, 9.17) is 0 Å². The lowest BCUT2D eigenvalue weighted by Gasteiger charge is -2.12. The van der Waals surface area contributed by atoms with Crippen molar-refractivity contribution < 1.29 is 0 Å². The number of para-hydroxylation sites is 3. The van der Waals surface area contributed by atoms with Crippen LogP contribution in [0.1, 0.15) is 18.2 Å². The molecule has 0 fully saturated rings. The molecule has 59 heavy (non-hydrogen) atoms. The summed E-state index contributed by atoms with van der Waals surface area (Å²) in [6.07, 6.45) is 6.36. The van der Waals surface area contributed by atoms with Crippen molar-refractivity contribution in [2.45, 2.75) is 6.92 Å². The van der Waals surface area contributed by atoms with Gasteiger partial charge in [-0.1, -0.05) is 104 Å². The molecule has 0 saturated carbocycles. The largest absolute Gasteiger partial charge is 0.309 e. The van der Waals surface area contributed by atoms with Gasteiger partial charge in [0.1, 0.15) is 0 Å². The fourth-order valence-corrected chi connectivity index (χ4v) is 10.7. The number of benzene rings is 8. The van der Waals surface area contributed by atoms with Gasteiger partial charge in [-0.25, -0.2) is 0 Å². The van der Waals surface area contributed by atoms with Crippen LogP contribution in [0.15, 0.2) is 189 Å². The zero-order valence-electron chi connectivity index (χ0n) is 32.4. The standard InChI is InChI=1S/C55H37N3S/c1-3-14-48-40(4-2)44-31-35(23-27-51(44)57(48)38-25-29-53-46(33-38)42-18-9-11-20-49(42)56(53)37-15-6-5-7-16-37)36-24-28-52-45(32-36)41-17-8-12-21-50(41)58(52)39-26-30-55-47(34-39)43-19-10-13-22-54(43)59-55/h3-34H,2H2,1H3/b14-3-. The molecule has 12 rings (SSSR count). The molecule has 4 heteroatoms. The van der Waals surface area contributed by atoms with Crippen molar-refractivity contribution in [3.05, 3.63) is 200 Å². The summed E-state index contributed by atoms with van der Waals surface area (Å²) < 4.78 is 9.83. The van der Waals surface area contributed by atoms with Crippen LogP contribution >= 0.6 is 11.3 Å². The first kappa shape index (κ1) is 33.7. The molecular formula is C55H37N3S. The van der Waals surface area contributed by atoms with Crippen LogP contribution in [-0.4, -0.2) is 13.7 Å². The second kappa shape index (κ2) is 13.1. The van der Waals surface area contributed by atoms with Gasteiger partial charge in [-0.15, -0.1) is 11.3 Å². The van der Waals surface area contributed by atoms with Gasteiger partial charge in [-0.3, -0.25) is 0 Å². The zero-order valence-corrected chi connectivity index (χ0v) is 33.2. The van der Waals surface area contributed by atoms with E-state index in [1.165, 1.54) is 86.0 Å². The van der Waals surface area contributed by atoms with Crippen molar-refractivity contribution in [2.75, 3.05) is 0 Å². The van der Waals surface area contributed by atoms with E-state index in [0.717, 1.165) is 28.1 Å². The van der Waals surface area contributed by atoms with E-state index in [2.05, 4.69) is 215 Å². The van der Waals surface area contributed by atoms with Crippen molar-refractivity contribution >= 4 is 98.2 Å². The number of thiophene rings is 1. The Morgan fingerprint density at radius 2 is 0.915 bits per heavy atom. The summed E-state index contributed by atoms with van der Waals surface area (Å²) in [6, 6.07) is 64.6. The minimum Gasteiger partial charge on any atom is -0.309 e. The molecule has 278 valence electrons. The summed E-state index contributed by atoms with van der Waals surface area (Å²) in [5.74, 6) is 0. The smallest absolute Gasteiger partial charge is 0.0542 e. The highest BCUT2D eigenvalue weighted by molar-refractivity contribution is 7.25. The Morgan fingerprint density at radius 1 is 0.407 bits per heavy atom. The highest BCUT2D eigenvalue weighted by Crippen LogP contribution is 2.41. The van der Waals surface area contributed by atoms with Gasteiger partial charge in [-0.2, -0.15) is 0 Å². The predicted octanol–water partition coefficient (Wildman–Crippen LogP) is 15.5. The van der Waals surface area contributed by atoms with Gasteiger partial charge in [0.05, 0.1) is 33.3 Å². The van der Waals surface area contributed by atoms with Gasteiger partial charge >= 0.3 is 0 Å². The van der Waals surface area contributed by atoms with Crippen molar-refractivity contribution in [1.29, 1.82) is 0 Å². The maximum Gasteiger partial charge on any atom is 0.0542 e. The molecule has 3 nitrogen and oxygen atoms in total. The number of fused-ring (bicyclic) bond motifs is 10. The predicted molar refractivity (Wildman–Crippen MR) is 255 cm³/mol. The molecule has 0 spiro atoms. The topological polar surface area (TPSA) is 14.8 Å². The summed E-state index contributed by atoms with van der Waals surface area (Å²) in [7, 11) is 0. The minimum absolute atomic E-state index is 1.12. The summed E-state index contributed by atoms with van der Waals surface area (Å²) in [5, 5.41) is 8.75. The number of aromatic nitrogens is 3. The van der Waals surface area contributed by atoms with Gasteiger partial charge in [0, 0.05) is 69.7 Å². The minimum atomic E-state index is 1.12. The maximum absolute atomic E-state index is 4.35. The van der Waals surface area contributed by atoms with Crippen molar-refractivity contribution in [3.8, 4) is 28.2 Å². The number of nitrogens with zero attached hydrogens (tertiary/aromatic N) is 3. The number of hydrogen-bond donors (Lipinski definition) is 0. The fourth-order valence-electron chi connectivity index (χ4n) is 9.57. The van der Waals surface area contributed by atoms with E-state index in [9.17, 15) is 0 Å². The van der Waals surface area contributed by atoms with Crippen LogP contribution < -0.4 is 0 Å². The van der Waals surface area contributed by atoms with Crippen molar-refractivity contribution in [3.63, 3.8) is 0 Å². The van der Waals surface area contributed by atoms with Crippen LogP contribution in [0.25, 0.3) is 115 Å². The van der Waals surface area contributed by atoms with Crippen LogP contribution in [0.2, 0.25) is 0 Å². The van der Waals surface area contributed by atoms with Crippen LogP contribution in [-0.2, 0) is 0 Å². The summed E-state index contributed by atoms with van der Waals surface area (Å²) >= 11 is 1.86. The molecule has 8 aromatic carbocycles. The number of allylic oxidation sites excluding steroid dienone is 1. The Balaban J connectivity index is 1.02. The third-order valence-electron chi connectivity index (χ3n) is 12.1. The molecule has 0 radical (unpaired) electrons. The molecular weight excluding hydrogens is 735 g/mol. The zero-order chi connectivity index (χ0) is 39.2. The molecule has 0 amide bonds. The summed E-state index contributed by atoms with van der Waals surface area (Å²) in [6.45, 7) is 6.43. The molecule has 12 aromatic rings. The highest BCUT2D eigenvalue weighted by atomic mass is 32.1. The lowest BCUT2D eigenvalue weighted by molar-refractivity contribution is 1.11. The van der Waals surface area contributed by atoms with E-state index in [-0.39, 0.29) is 0 Å². The molecule has 0 bridgehead atoms. The molecule has 0 aliphatic rings. The van der Waals surface area contributed by atoms with E-state index in [1.807, 2.05) is 17.4 Å². The third-order valence-corrected chi connectivity index (χ3v) is 13.3. The molecule has 0 saturated heterocycles. The number of hydrogen-bond acceptors (Lipinski definition) is 1. The Morgan fingerprint density at radius 3 is 1.63 bits per heavy atom. The molecule has 4 aromatic heterocycles. The first-order valence-corrected chi connectivity index (χ1v) is 21.0. The molecule has 0 aliphatic heterocycles. The SMILES string of the molecule is C=Cc1c(/C=C\C)n(-c2ccc3c(c2)c2ccccc2n3-c2ccccc2)c2ccc(-c3ccc4c(c3)c3ccccc3n4-c3ccc4sc5ccccc5c4c3)cc12. The van der Waals surface area contributed by atoms with Gasteiger partial charge in [-0.05, 0) is 115 Å². The van der Waals surface area contributed by atoms with Crippen LogP contribution in [0.5, 0.6) is 0 Å². The number of rotatable bonds is 6. The van der Waals surface area contributed by atoms with Gasteiger partial charge in [0.25, 0.3) is 0 Å². The monoisotopic (exact) mass is 771 g/mol. The Labute approximate surface area is 345 Å². The summed E-state index contributed by atoms with van der Waals surface area (Å²) in [4.78, 5) is 0. The van der Waals surface area contributed by atoms with Crippen LogP contribution in [0, 0.1) is 0 Å². The maximum atomic E-state index is 4.35. The Kier molecular flexibility index (Phi) is 7.47. The van der Waals surface area contributed by atoms with E-state index < -0.39 is 0 Å². The second-order valence-electron chi connectivity index (χ2n) is 15.3. The summed E-state index contributed by atoms with van der Waals surface area (Å²) in [5.41, 5.74) is 14.0. The van der Waals surface area contributed by atoms with Crippen LogP contribution in [0.4, 0.5) is 0 Å². The highest BCUT2D eigenvalue weighted by Gasteiger charge is 2.20. The van der Waals surface area contributed by atoms with Crippen LogP contribution in [0.3, 0.4) is 0 Å². The normalized spacial score (nSPS) is 12.2. The Hall–Kier alpha value is -7.40. The molecule has 0 atom stereocenters. The molecule has 0 unspecified atom stereocenters. The molecule has 4 heterocycles. The van der Waals surface area contributed by atoms with Crippen molar-refractivity contribution in [1.82, 2.24) is 13.7 Å². The van der Waals surface area contributed by atoms with Crippen molar-refractivity contribution in [2.24, 2.45) is 0 Å². The lowest BCUT2D eigenvalue weighted by Crippen LogP contribution is -1.98. The first-order chi connectivity index (χ1) is 29.2. The lowest BCUT2D eigenvalue weighted by atomic mass is 10.00. The van der Waals surface area contributed by atoms with Gasteiger partial charge in [0.2, 0.25) is 0 Å². The average Bonchev–Trinajstić information content (AvgIpc) is 4.02. The first-order valence-electron chi connectivity index (χ1n) is 20.2. The Bertz CT molecular complexity index is 3700. The van der Waals surface area contributed by atoms with E-state index in [0.29, 0.717) is 0 Å². The third kappa shape index (κ3) is 5.00. The van der Waals surface area contributed by atoms with E-state index in [1.54, 1.807) is 0 Å². The molecule has 0 aliphatic carbocycles. The quantitative estimate of drug-likeness (QED) is 0.160. The van der Waals surface area contributed by atoms with E-state index >= 15 is 0 Å². The van der Waals surface area contributed by atoms with Gasteiger partial charge < -0.3 is 13.7 Å². The molecule has 0 N–H and O–H groups in total. The average molecular weight is 772 g/mol. The second-order valence-corrected chi connectivity index (χ2v) is 16.4.